The van der Waals surface area contributed by atoms with Crippen LogP contribution < -0.4 is 10.6 Å². The van der Waals surface area contributed by atoms with Crippen molar-refractivity contribution < 1.29 is 14.4 Å². The van der Waals surface area contributed by atoms with Gasteiger partial charge in [-0.3, -0.25) is 14.5 Å². The predicted molar refractivity (Wildman–Crippen MR) is 114 cm³/mol. The standard InChI is InChI=1S/C20H21N7O3S/c1-11-7-12(2)22-18(21-11)27-15(8-13(3)25-27)23-16(28)9-26-17(29)20(4,24-19(26)30)14-5-6-31-10-14/h5-8,10H,9H2,1-4H3,(H,23,28)(H,24,30). The molecule has 1 fully saturated rings. The Balaban J connectivity index is 1.54. The first-order valence-corrected chi connectivity index (χ1v) is 10.5. The fraction of sp³-hybridized carbons (Fsp3) is 0.300. The van der Waals surface area contributed by atoms with E-state index < -0.39 is 29.9 Å². The van der Waals surface area contributed by atoms with E-state index in [1.807, 2.05) is 25.3 Å². The van der Waals surface area contributed by atoms with Crippen molar-refractivity contribution in [3.63, 3.8) is 0 Å². The summed E-state index contributed by atoms with van der Waals surface area (Å²) < 4.78 is 1.43. The number of imide groups is 1. The van der Waals surface area contributed by atoms with Crippen molar-refractivity contribution >= 4 is 35.0 Å². The monoisotopic (exact) mass is 439 g/mol. The fourth-order valence-electron chi connectivity index (χ4n) is 3.45. The van der Waals surface area contributed by atoms with Gasteiger partial charge in [0.15, 0.2) is 0 Å². The number of aryl methyl sites for hydroxylation is 3. The van der Waals surface area contributed by atoms with Crippen molar-refractivity contribution in [1.82, 2.24) is 30.0 Å². The second-order valence-corrected chi connectivity index (χ2v) is 8.32. The van der Waals surface area contributed by atoms with E-state index in [4.69, 9.17) is 0 Å². The Kier molecular flexibility index (Phi) is 5.05. The van der Waals surface area contributed by atoms with Crippen LogP contribution in [-0.4, -0.2) is 49.0 Å². The number of rotatable bonds is 5. The molecular weight excluding hydrogens is 418 g/mol. The van der Waals surface area contributed by atoms with Crippen LogP contribution in [0.3, 0.4) is 0 Å². The highest BCUT2D eigenvalue weighted by Gasteiger charge is 2.49. The molecule has 0 aliphatic carbocycles. The number of carbonyl (C=O) groups excluding carboxylic acids is 3. The summed E-state index contributed by atoms with van der Waals surface area (Å²) in [5, 5.41) is 13.4. The molecule has 160 valence electrons. The van der Waals surface area contributed by atoms with Gasteiger partial charge in [-0.15, -0.1) is 0 Å². The van der Waals surface area contributed by atoms with E-state index >= 15 is 0 Å². The summed E-state index contributed by atoms with van der Waals surface area (Å²) in [6.07, 6.45) is 0. The zero-order chi connectivity index (χ0) is 22.3. The van der Waals surface area contributed by atoms with E-state index in [1.165, 1.54) is 16.0 Å². The molecule has 3 aromatic heterocycles. The van der Waals surface area contributed by atoms with Crippen LogP contribution in [0.15, 0.2) is 29.0 Å². The molecule has 0 aromatic carbocycles. The van der Waals surface area contributed by atoms with Crippen molar-refractivity contribution in [2.24, 2.45) is 0 Å². The lowest BCUT2D eigenvalue weighted by Crippen LogP contribution is -2.42. The highest BCUT2D eigenvalue weighted by molar-refractivity contribution is 7.08. The summed E-state index contributed by atoms with van der Waals surface area (Å²) in [6, 6.07) is 4.66. The summed E-state index contributed by atoms with van der Waals surface area (Å²) in [6.45, 7) is 6.66. The molecule has 0 saturated carbocycles. The zero-order valence-electron chi connectivity index (χ0n) is 17.5. The van der Waals surface area contributed by atoms with Gasteiger partial charge in [-0.2, -0.15) is 21.1 Å². The van der Waals surface area contributed by atoms with Gasteiger partial charge in [-0.25, -0.2) is 14.8 Å². The largest absolute Gasteiger partial charge is 0.325 e. The van der Waals surface area contributed by atoms with Crippen LogP contribution in [0, 0.1) is 20.8 Å². The van der Waals surface area contributed by atoms with Crippen molar-refractivity contribution in [1.29, 1.82) is 0 Å². The number of urea groups is 1. The molecule has 4 rings (SSSR count). The molecule has 3 aromatic rings. The minimum absolute atomic E-state index is 0.320. The lowest BCUT2D eigenvalue weighted by molar-refractivity contribution is -0.133. The van der Waals surface area contributed by atoms with Crippen molar-refractivity contribution in [2.75, 3.05) is 11.9 Å². The lowest BCUT2D eigenvalue weighted by Gasteiger charge is -2.20. The molecule has 0 radical (unpaired) electrons. The van der Waals surface area contributed by atoms with Crippen LogP contribution in [0.5, 0.6) is 0 Å². The van der Waals surface area contributed by atoms with Crippen molar-refractivity contribution in [3.8, 4) is 5.95 Å². The Bertz CT molecular complexity index is 1170. The number of thiophene rings is 1. The lowest BCUT2D eigenvalue weighted by atomic mass is 9.95. The van der Waals surface area contributed by atoms with E-state index in [9.17, 15) is 14.4 Å². The molecule has 1 unspecified atom stereocenters. The third-order valence-corrected chi connectivity index (χ3v) is 5.62. The average molecular weight is 440 g/mol. The van der Waals surface area contributed by atoms with E-state index in [0.29, 0.717) is 23.0 Å². The Morgan fingerprint density at radius 3 is 2.52 bits per heavy atom. The molecule has 4 amide bonds. The highest BCUT2D eigenvalue weighted by atomic mass is 32.1. The molecule has 1 saturated heterocycles. The van der Waals surface area contributed by atoms with E-state index in [1.54, 1.807) is 31.4 Å². The number of anilines is 1. The van der Waals surface area contributed by atoms with Gasteiger partial charge in [-0.05, 0) is 56.2 Å². The number of amides is 4. The Hall–Kier alpha value is -3.60. The molecule has 31 heavy (non-hydrogen) atoms. The second-order valence-electron chi connectivity index (χ2n) is 7.54. The van der Waals surface area contributed by atoms with Gasteiger partial charge in [0, 0.05) is 17.5 Å². The average Bonchev–Trinajstić information content (AvgIpc) is 3.38. The first-order chi connectivity index (χ1) is 14.7. The zero-order valence-corrected chi connectivity index (χ0v) is 18.3. The molecule has 1 aliphatic rings. The predicted octanol–water partition coefficient (Wildman–Crippen LogP) is 2.05. The molecule has 4 heterocycles. The molecule has 10 nitrogen and oxygen atoms in total. The van der Waals surface area contributed by atoms with Gasteiger partial charge >= 0.3 is 6.03 Å². The second kappa shape index (κ2) is 7.58. The normalized spacial score (nSPS) is 18.4. The van der Waals surface area contributed by atoms with E-state index in [0.717, 1.165) is 16.3 Å². The summed E-state index contributed by atoms with van der Waals surface area (Å²) in [4.78, 5) is 47.7. The van der Waals surface area contributed by atoms with E-state index in [2.05, 4.69) is 25.7 Å². The van der Waals surface area contributed by atoms with Crippen LogP contribution in [0.4, 0.5) is 10.6 Å². The molecule has 0 spiro atoms. The number of nitrogens with one attached hydrogen (secondary N) is 2. The van der Waals surface area contributed by atoms with Crippen molar-refractivity contribution in [2.45, 2.75) is 33.2 Å². The minimum atomic E-state index is -1.19. The molecule has 11 heteroatoms. The van der Waals surface area contributed by atoms with Crippen LogP contribution >= 0.6 is 11.3 Å². The molecule has 2 N–H and O–H groups in total. The number of hydrogen-bond acceptors (Lipinski definition) is 7. The Labute approximate surface area is 182 Å². The van der Waals surface area contributed by atoms with Gasteiger partial charge in [0.1, 0.15) is 17.9 Å². The molecule has 1 atom stereocenters. The SMILES string of the molecule is Cc1cc(C)nc(-n2nc(C)cc2NC(=O)CN2C(=O)NC(C)(c3ccsc3)C2=O)n1. The Morgan fingerprint density at radius 2 is 1.87 bits per heavy atom. The summed E-state index contributed by atoms with van der Waals surface area (Å²) >= 11 is 1.43. The maximum atomic E-state index is 12.9. The van der Waals surface area contributed by atoms with Gasteiger partial charge in [0.25, 0.3) is 11.9 Å². The van der Waals surface area contributed by atoms with Crippen LogP contribution in [0.25, 0.3) is 5.95 Å². The Morgan fingerprint density at radius 1 is 1.16 bits per heavy atom. The number of aromatic nitrogens is 4. The first-order valence-electron chi connectivity index (χ1n) is 9.53. The van der Waals surface area contributed by atoms with Gasteiger partial charge in [0.05, 0.1) is 5.69 Å². The highest BCUT2D eigenvalue weighted by Crippen LogP contribution is 2.30. The van der Waals surface area contributed by atoms with Crippen LogP contribution in [-0.2, 0) is 15.1 Å². The maximum Gasteiger partial charge on any atom is 0.325 e. The fourth-order valence-corrected chi connectivity index (χ4v) is 4.22. The number of hydrogen-bond donors (Lipinski definition) is 2. The van der Waals surface area contributed by atoms with Gasteiger partial charge in [-0.1, -0.05) is 0 Å². The third kappa shape index (κ3) is 3.79. The summed E-state index contributed by atoms with van der Waals surface area (Å²) in [5.41, 5.74) is 1.67. The third-order valence-electron chi connectivity index (χ3n) is 4.93. The summed E-state index contributed by atoms with van der Waals surface area (Å²) in [5.74, 6) is -0.349. The minimum Gasteiger partial charge on any atom is -0.319 e. The van der Waals surface area contributed by atoms with Crippen LogP contribution in [0.1, 0.15) is 29.6 Å². The van der Waals surface area contributed by atoms with E-state index in [-0.39, 0.29) is 0 Å². The molecular formula is C20H21N7O3S. The number of nitrogens with zero attached hydrogens (tertiary/aromatic N) is 5. The van der Waals surface area contributed by atoms with Crippen molar-refractivity contribution in [3.05, 3.63) is 51.6 Å². The molecule has 1 aliphatic heterocycles. The quantitative estimate of drug-likeness (QED) is 0.587. The van der Waals surface area contributed by atoms with Gasteiger partial charge < -0.3 is 10.6 Å². The smallest absolute Gasteiger partial charge is 0.319 e. The summed E-state index contributed by atoms with van der Waals surface area (Å²) in [7, 11) is 0. The number of carbonyl (C=O) groups is 3. The molecule has 0 bridgehead atoms. The first kappa shape index (κ1) is 20.7. The van der Waals surface area contributed by atoms with Gasteiger partial charge in [0.2, 0.25) is 5.91 Å². The van der Waals surface area contributed by atoms with Crippen LogP contribution in [0.2, 0.25) is 0 Å². The maximum absolute atomic E-state index is 12.9. The topological polar surface area (TPSA) is 122 Å².